The van der Waals surface area contributed by atoms with Crippen LogP contribution >= 0.6 is 0 Å². The third kappa shape index (κ3) is 3.72. The molecule has 0 N–H and O–H groups in total. The molecule has 1 aliphatic heterocycles. The number of hydrogen-bond acceptors (Lipinski definition) is 2. The average Bonchev–Trinajstić information content (AvgIpc) is 3.14. The van der Waals surface area contributed by atoms with Gasteiger partial charge in [-0.3, -0.25) is 4.90 Å². The van der Waals surface area contributed by atoms with Crippen LogP contribution in [-0.2, 0) is 19.4 Å². The molecule has 2 aliphatic rings. The summed E-state index contributed by atoms with van der Waals surface area (Å²) in [6, 6.07) is 14.5. The molecule has 2 nitrogen and oxygen atoms in total. The topological polar surface area (TPSA) is 12.5 Å². The molecule has 0 aromatic heterocycles. The summed E-state index contributed by atoms with van der Waals surface area (Å²) in [5, 5.41) is 0. The van der Waals surface area contributed by atoms with Crippen LogP contribution in [0.2, 0.25) is 0 Å². The molecule has 1 aliphatic carbocycles. The standard InChI is InChI=1S/C22H26FNO/c23-21-12-13-22(20-11-6-10-19(20)21)25-16-18-9-4-5-14-24(18)15-17-7-2-1-3-8-17/h1-3,7-8,12-13,18H,4-6,9-11,14-16H2. The maximum absolute atomic E-state index is 13.9. The minimum absolute atomic E-state index is 0.0665. The van der Waals surface area contributed by atoms with Gasteiger partial charge in [-0.05, 0) is 61.9 Å². The van der Waals surface area contributed by atoms with Gasteiger partial charge < -0.3 is 4.74 Å². The third-order valence-corrected chi connectivity index (χ3v) is 5.59. The van der Waals surface area contributed by atoms with Gasteiger partial charge in [0.15, 0.2) is 0 Å². The van der Waals surface area contributed by atoms with Crippen LogP contribution in [0.15, 0.2) is 42.5 Å². The van der Waals surface area contributed by atoms with Crippen LogP contribution in [0.5, 0.6) is 5.75 Å². The molecule has 0 bridgehead atoms. The Hall–Kier alpha value is -1.87. The predicted octanol–water partition coefficient (Wildman–Crippen LogP) is 4.75. The highest BCUT2D eigenvalue weighted by Gasteiger charge is 2.25. The average molecular weight is 339 g/mol. The lowest BCUT2D eigenvalue weighted by Gasteiger charge is -2.35. The molecule has 0 amide bonds. The number of nitrogens with zero attached hydrogens (tertiary/aromatic N) is 1. The lowest BCUT2D eigenvalue weighted by Crippen LogP contribution is -2.42. The Morgan fingerprint density at radius 1 is 0.960 bits per heavy atom. The van der Waals surface area contributed by atoms with Crippen molar-refractivity contribution >= 4 is 0 Å². The second-order valence-corrected chi connectivity index (χ2v) is 7.27. The van der Waals surface area contributed by atoms with E-state index in [1.165, 1.54) is 24.8 Å². The number of benzene rings is 2. The first kappa shape index (κ1) is 16.6. The zero-order chi connectivity index (χ0) is 17.1. The van der Waals surface area contributed by atoms with Gasteiger partial charge >= 0.3 is 0 Å². The molecule has 3 heteroatoms. The SMILES string of the molecule is Fc1ccc(OCC2CCCCN2Cc2ccccc2)c2c1CCC2. The van der Waals surface area contributed by atoms with Crippen LogP contribution in [0.3, 0.4) is 0 Å². The molecule has 2 aromatic rings. The number of fused-ring (bicyclic) bond motifs is 1. The van der Waals surface area contributed by atoms with Crippen molar-refractivity contribution in [1.29, 1.82) is 0 Å². The van der Waals surface area contributed by atoms with Gasteiger partial charge in [0.25, 0.3) is 0 Å². The number of piperidine rings is 1. The van der Waals surface area contributed by atoms with Crippen molar-refractivity contribution in [3.63, 3.8) is 0 Å². The van der Waals surface area contributed by atoms with Crippen molar-refractivity contribution in [2.24, 2.45) is 0 Å². The molecular formula is C22H26FNO. The first-order chi connectivity index (χ1) is 12.3. The fourth-order valence-electron chi connectivity index (χ4n) is 4.23. The normalized spacial score (nSPS) is 20.4. The third-order valence-electron chi connectivity index (χ3n) is 5.59. The fourth-order valence-corrected chi connectivity index (χ4v) is 4.23. The molecule has 1 atom stereocenters. The summed E-state index contributed by atoms with van der Waals surface area (Å²) in [6.07, 6.45) is 6.53. The van der Waals surface area contributed by atoms with E-state index in [1.807, 2.05) is 6.07 Å². The van der Waals surface area contributed by atoms with E-state index in [9.17, 15) is 4.39 Å². The van der Waals surface area contributed by atoms with Crippen molar-refractivity contribution in [2.75, 3.05) is 13.2 Å². The van der Waals surface area contributed by atoms with Crippen LogP contribution in [0.25, 0.3) is 0 Å². The van der Waals surface area contributed by atoms with E-state index in [0.29, 0.717) is 12.6 Å². The second-order valence-electron chi connectivity index (χ2n) is 7.27. The zero-order valence-corrected chi connectivity index (χ0v) is 14.7. The monoisotopic (exact) mass is 339 g/mol. The molecule has 2 aromatic carbocycles. The molecule has 4 rings (SSSR count). The molecular weight excluding hydrogens is 313 g/mol. The van der Waals surface area contributed by atoms with E-state index in [0.717, 1.165) is 49.2 Å². The number of hydrogen-bond donors (Lipinski definition) is 0. The van der Waals surface area contributed by atoms with Crippen molar-refractivity contribution in [3.8, 4) is 5.75 Å². The van der Waals surface area contributed by atoms with Crippen molar-refractivity contribution in [2.45, 2.75) is 51.1 Å². The Morgan fingerprint density at radius 3 is 2.68 bits per heavy atom. The number of halogens is 1. The van der Waals surface area contributed by atoms with E-state index < -0.39 is 0 Å². The largest absolute Gasteiger partial charge is 0.492 e. The Morgan fingerprint density at radius 2 is 1.80 bits per heavy atom. The summed E-state index contributed by atoms with van der Waals surface area (Å²) < 4.78 is 20.1. The Balaban J connectivity index is 1.43. The zero-order valence-electron chi connectivity index (χ0n) is 14.7. The molecule has 1 unspecified atom stereocenters. The molecule has 0 saturated carbocycles. The van der Waals surface area contributed by atoms with Gasteiger partial charge in [-0.25, -0.2) is 4.39 Å². The van der Waals surface area contributed by atoms with Gasteiger partial charge in [0.2, 0.25) is 0 Å². The highest BCUT2D eigenvalue weighted by molar-refractivity contribution is 5.44. The molecule has 1 heterocycles. The summed E-state index contributed by atoms with van der Waals surface area (Å²) in [5.41, 5.74) is 3.34. The summed E-state index contributed by atoms with van der Waals surface area (Å²) >= 11 is 0. The van der Waals surface area contributed by atoms with Crippen molar-refractivity contribution in [1.82, 2.24) is 4.90 Å². The summed E-state index contributed by atoms with van der Waals surface area (Å²) in [4.78, 5) is 2.54. The van der Waals surface area contributed by atoms with E-state index in [-0.39, 0.29) is 5.82 Å². The minimum Gasteiger partial charge on any atom is -0.492 e. The van der Waals surface area contributed by atoms with Gasteiger partial charge in [-0.1, -0.05) is 36.8 Å². The van der Waals surface area contributed by atoms with Gasteiger partial charge in [-0.15, -0.1) is 0 Å². The van der Waals surface area contributed by atoms with Crippen LogP contribution in [0.1, 0.15) is 42.4 Å². The molecule has 1 fully saturated rings. The van der Waals surface area contributed by atoms with Crippen LogP contribution in [0, 0.1) is 5.82 Å². The number of ether oxygens (including phenoxy) is 1. The van der Waals surface area contributed by atoms with Crippen molar-refractivity contribution < 1.29 is 9.13 Å². The number of rotatable bonds is 5. The molecule has 0 spiro atoms. The van der Waals surface area contributed by atoms with Crippen molar-refractivity contribution in [3.05, 3.63) is 65.0 Å². The maximum Gasteiger partial charge on any atom is 0.126 e. The second kappa shape index (κ2) is 7.57. The Bertz CT molecular complexity index is 715. The summed E-state index contributed by atoms with van der Waals surface area (Å²) in [7, 11) is 0. The highest BCUT2D eigenvalue weighted by Crippen LogP contribution is 2.33. The first-order valence-electron chi connectivity index (χ1n) is 9.52. The van der Waals surface area contributed by atoms with Crippen LogP contribution in [-0.4, -0.2) is 24.1 Å². The molecule has 0 radical (unpaired) electrons. The minimum atomic E-state index is -0.0665. The van der Waals surface area contributed by atoms with E-state index in [1.54, 1.807) is 6.07 Å². The highest BCUT2D eigenvalue weighted by atomic mass is 19.1. The van der Waals surface area contributed by atoms with Crippen LogP contribution < -0.4 is 4.74 Å². The Labute approximate surface area is 149 Å². The lowest BCUT2D eigenvalue weighted by molar-refractivity contribution is 0.0929. The fraction of sp³-hybridized carbons (Fsp3) is 0.455. The Kier molecular flexibility index (Phi) is 5.02. The van der Waals surface area contributed by atoms with Gasteiger partial charge in [-0.2, -0.15) is 0 Å². The summed E-state index contributed by atoms with van der Waals surface area (Å²) in [5.74, 6) is 0.836. The maximum atomic E-state index is 13.9. The quantitative estimate of drug-likeness (QED) is 0.779. The van der Waals surface area contributed by atoms with Gasteiger partial charge in [0, 0.05) is 18.2 Å². The smallest absolute Gasteiger partial charge is 0.126 e. The summed E-state index contributed by atoms with van der Waals surface area (Å²) in [6.45, 7) is 2.81. The lowest BCUT2D eigenvalue weighted by atomic mass is 10.0. The van der Waals surface area contributed by atoms with E-state index in [2.05, 4.69) is 35.2 Å². The van der Waals surface area contributed by atoms with E-state index in [4.69, 9.17) is 4.74 Å². The van der Waals surface area contributed by atoms with Gasteiger partial charge in [0.05, 0.1) is 0 Å². The molecule has 132 valence electrons. The first-order valence-corrected chi connectivity index (χ1v) is 9.52. The van der Waals surface area contributed by atoms with Crippen LogP contribution in [0.4, 0.5) is 4.39 Å². The molecule has 25 heavy (non-hydrogen) atoms. The van der Waals surface area contributed by atoms with E-state index >= 15 is 0 Å². The predicted molar refractivity (Wildman–Crippen MR) is 98.4 cm³/mol. The molecule has 1 saturated heterocycles. The number of likely N-dealkylation sites (tertiary alicyclic amines) is 1. The van der Waals surface area contributed by atoms with Gasteiger partial charge in [0.1, 0.15) is 18.2 Å².